The molecule has 1 aromatic carbocycles. The summed E-state index contributed by atoms with van der Waals surface area (Å²) in [5.41, 5.74) is 0.462. The summed E-state index contributed by atoms with van der Waals surface area (Å²) in [6, 6.07) is 5.64. The molecule has 1 saturated carbocycles. The van der Waals surface area contributed by atoms with E-state index in [9.17, 15) is 18.5 Å². The lowest BCUT2D eigenvalue weighted by molar-refractivity contribution is -0.384. The summed E-state index contributed by atoms with van der Waals surface area (Å²) >= 11 is 0. The van der Waals surface area contributed by atoms with Crippen molar-refractivity contribution in [3.63, 3.8) is 0 Å². The minimum Gasteiger partial charge on any atom is -0.267 e. The fourth-order valence-corrected chi connectivity index (χ4v) is 3.79. The molecule has 104 valence electrons. The molecular formula is C12H16N2O4S. The molecule has 7 heteroatoms. The molecule has 6 nitrogen and oxygen atoms in total. The highest BCUT2D eigenvalue weighted by Gasteiger charge is 2.29. The molecule has 0 aliphatic heterocycles. The molecule has 1 aliphatic rings. The van der Waals surface area contributed by atoms with Gasteiger partial charge in [-0.2, -0.15) is 0 Å². The van der Waals surface area contributed by atoms with E-state index in [4.69, 9.17) is 0 Å². The van der Waals surface area contributed by atoms with Gasteiger partial charge >= 0.3 is 0 Å². The van der Waals surface area contributed by atoms with Crippen molar-refractivity contribution in [2.45, 2.75) is 31.7 Å². The van der Waals surface area contributed by atoms with Crippen molar-refractivity contribution in [2.75, 3.05) is 10.6 Å². The molecule has 1 fully saturated rings. The first-order valence-electron chi connectivity index (χ1n) is 6.13. The zero-order chi connectivity index (χ0) is 14.0. The highest BCUT2D eigenvalue weighted by molar-refractivity contribution is 7.92. The van der Waals surface area contributed by atoms with Gasteiger partial charge in [-0.25, -0.2) is 8.42 Å². The first-order chi connectivity index (χ1) is 8.89. The van der Waals surface area contributed by atoms with E-state index >= 15 is 0 Å². The third kappa shape index (κ3) is 3.04. The van der Waals surface area contributed by atoms with E-state index in [1.54, 1.807) is 0 Å². The third-order valence-electron chi connectivity index (χ3n) is 3.33. The van der Waals surface area contributed by atoms with Crippen LogP contribution in [0.1, 0.15) is 25.7 Å². The van der Waals surface area contributed by atoms with Gasteiger partial charge in [0.05, 0.1) is 16.9 Å². The normalized spacial score (nSPS) is 16.5. The first-order valence-corrected chi connectivity index (χ1v) is 7.98. The molecule has 0 N–H and O–H groups in total. The largest absolute Gasteiger partial charge is 0.269 e. The highest BCUT2D eigenvalue weighted by Crippen LogP contribution is 2.31. The summed E-state index contributed by atoms with van der Waals surface area (Å²) in [7, 11) is -3.37. The number of nitro benzene ring substituents is 1. The Morgan fingerprint density at radius 1 is 1.21 bits per heavy atom. The van der Waals surface area contributed by atoms with Crippen molar-refractivity contribution in [2.24, 2.45) is 0 Å². The standard InChI is InChI=1S/C12H16N2O4S/c1-19(17,18)13(10-4-2-3-5-10)11-6-8-12(9-7-11)14(15)16/h6-10H,2-5H2,1H3. The molecule has 1 aliphatic carbocycles. The smallest absolute Gasteiger partial charge is 0.267 e. The van der Waals surface area contributed by atoms with Gasteiger partial charge in [0.1, 0.15) is 0 Å². The number of rotatable bonds is 4. The third-order valence-corrected chi connectivity index (χ3v) is 4.55. The van der Waals surface area contributed by atoms with Crippen LogP contribution in [0.15, 0.2) is 24.3 Å². The molecule has 0 atom stereocenters. The summed E-state index contributed by atoms with van der Waals surface area (Å²) in [5, 5.41) is 10.6. The van der Waals surface area contributed by atoms with Gasteiger partial charge in [0.25, 0.3) is 5.69 Å². The SMILES string of the molecule is CS(=O)(=O)N(c1ccc([N+](=O)[O-])cc1)C1CCCC1. The fourth-order valence-electron chi connectivity index (χ4n) is 2.53. The summed E-state index contributed by atoms with van der Waals surface area (Å²) in [6.07, 6.45) is 4.88. The Labute approximate surface area is 112 Å². The summed E-state index contributed by atoms with van der Waals surface area (Å²) in [6.45, 7) is 0. The molecule has 2 rings (SSSR count). The van der Waals surface area contributed by atoms with Crippen molar-refractivity contribution in [1.29, 1.82) is 0 Å². The molecular weight excluding hydrogens is 268 g/mol. The van der Waals surface area contributed by atoms with E-state index in [-0.39, 0.29) is 11.7 Å². The van der Waals surface area contributed by atoms with Crippen LogP contribution in [-0.2, 0) is 10.0 Å². The molecule has 0 radical (unpaired) electrons. The maximum atomic E-state index is 11.9. The lowest BCUT2D eigenvalue weighted by atomic mass is 10.2. The minimum absolute atomic E-state index is 0.0311. The molecule has 19 heavy (non-hydrogen) atoms. The predicted octanol–water partition coefficient (Wildman–Crippen LogP) is 2.30. The van der Waals surface area contributed by atoms with Gasteiger partial charge in [-0.3, -0.25) is 14.4 Å². The lowest BCUT2D eigenvalue weighted by Crippen LogP contribution is -2.38. The summed E-state index contributed by atoms with van der Waals surface area (Å²) in [4.78, 5) is 10.1. The molecule has 0 aromatic heterocycles. The van der Waals surface area contributed by atoms with Crippen molar-refractivity contribution in [3.8, 4) is 0 Å². The summed E-state index contributed by atoms with van der Waals surface area (Å²) in [5.74, 6) is 0. The molecule has 0 heterocycles. The first kappa shape index (κ1) is 13.8. The number of sulfonamides is 1. The Kier molecular flexibility index (Phi) is 3.75. The number of hydrogen-bond acceptors (Lipinski definition) is 4. The van der Waals surface area contributed by atoms with Gasteiger partial charge < -0.3 is 0 Å². The number of nitro groups is 1. The number of nitrogens with zero attached hydrogens (tertiary/aromatic N) is 2. The van der Waals surface area contributed by atoms with Crippen LogP contribution in [0.4, 0.5) is 11.4 Å². The zero-order valence-corrected chi connectivity index (χ0v) is 11.5. The monoisotopic (exact) mass is 284 g/mol. The van der Waals surface area contributed by atoms with Crippen LogP contribution in [0.2, 0.25) is 0 Å². The van der Waals surface area contributed by atoms with E-state index in [1.807, 2.05) is 0 Å². The van der Waals surface area contributed by atoms with Crippen LogP contribution >= 0.6 is 0 Å². The fraction of sp³-hybridized carbons (Fsp3) is 0.500. The number of benzene rings is 1. The quantitative estimate of drug-likeness (QED) is 0.627. The van der Waals surface area contributed by atoms with E-state index < -0.39 is 14.9 Å². The zero-order valence-electron chi connectivity index (χ0n) is 10.7. The molecule has 0 amide bonds. The second-order valence-electron chi connectivity index (χ2n) is 4.77. The van der Waals surface area contributed by atoms with E-state index in [0.29, 0.717) is 5.69 Å². The second kappa shape index (κ2) is 5.16. The Morgan fingerprint density at radius 3 is 2.16 bits per heavy atom. The van der Waals surface area contributed by atoms with Gasteiger partial charge in [-0.1, -0.05) is 12.8 Å². The minimum atomic E-state index is -3.37. The summed E-state index contributed by atoms with van der Waals surface area (Å²) < 4.78 is 25.3. The Morgan fingerprint density at radius 2 is 1.74 bits per heavy atom. The Bertz CT molecular complexity index is 562. The molecule has 0 saturated heterocycles. The Hall–Kier alpha value is -1.63. The average molecular weight is 284 g/mol. The molecule has 0 unspecified atom stereocenters. The van der Waals surface area contributed by atoms with Gasteiger partial charge in [0, 0.05) is 18.2 Å². The number of hydrogen-bond donors (Lipinski definition) is 0. The maximum Gasteiger partial charge on any atom is 0.269 e. The molecule has 0 spiro atoms. The topological polar surface area (TPSA) is 80.5 Å². The lowest BCUT2D eigenvalue weighted by Gasteiger charge is -2.28. The van der Waals surface area contributed by atoms with Crippen molar-refractivity contribution in [3.05, 3.63) is 34.4 Å². The predicted molar refractivity (Wildman–Crippen MR) is 72.7 cm³/mol. The highest BCUT2D eigenvalue weighted by atomic mass is 32.2. The molecule has 0 bridgehead atoms. The van der Waals surface area contributed by atoms with Crippen molar-refractivity contribution < 1.29 is 13.3 Å². The Balaban J connectivity index is 2.35. The van der Waals surface area contributed by atoms with E-state index in [2.05, 4.69) is 0 Å². The van der Waals surface area contributed by atoms with Crippen LogP contribution in [-0.4, -0.2) is 25.6 Å². The van der Waals surface area contributed by atoms with Crippen LogP contribution in [0, 0.1) is 10.1 Å². The average Bonchev–Trinajstić information content (AvgIpc) is 2.81. The van der Waals surface area contributed by atoms with Crippen LogP contribution in [0.3, 0.4) is 0 Å². The van der Waals surface area contributed by atoms with E-state index in [0.717, 1.165) is 25.7 Å². The van der Waals surface area contributed by atoms with Crippen molar-refractivity contribution >= 4 is 21.4 Å². The van der Waals surface area contributed by atoms with Gasteiger partial charge in [0.15, 0.2) is 0 Å². The maximum absolute atomic E-state index is 11.9. The van der Waals surface area contributed by atoms with Crippen LogP contribution < -0.4 is 4.31 Å². The van der Waals surface area contributed by atoms with E-state index in [1.165, 1.54) is 34.8 Å². The van der Waals surface area contributed by atoms with Gasteiger partial charge in [-0.05, 0) is 25.0 Å². The van der Waals surface area contributed by atoms with Crippen LogP contribution in [0.5, 0.6) is 0 Å². The number of anilines is 1. The van der Waals surface area contributed by atoms with Crippen LogP contribution in [0.25, 0.3) is 0 Å². The molecule has 1 aromatic rings. The van der Waals surface area contributed by atoms with Crippen molar-refractivity contribution in [1.82, 2.24) is 0 Å². The van der Waals surface area contributed by atoms with Gasteiger partial charge in [-0.15, -0.1) is 0 Å². The second-order valence-corrected chi connectivity index (χ2v) is 6.63. The van der Waals surface area contributed by atoms with Gasteiger partial charge in [0.2, 0.25) is 10.0 Å². The number of non-ortho nitro benzene ring substituents is 1.